The topological polar surface area (TPSA) is 590 Å². The largest absolute Gasteiger partial charge is 0.549 e. The van der Waals surface area contributed by atoms with E-state index in [-0.39, 0.29) is 66.2 Å². The molecule has 0 saturated heterocycles. The van der Waals surface area contributed by atoms with Crippen molar-refractivity contribution in [3.8, 4) is 91.3 Å². The Morgan fingerprint density at radius 3 is 0.664 bits per heavy atom. The Labute approximate surface area is 870 Å². The molecule has 8 rings (SSSR count). The monoisotopic (exact) mass is 2180 g/mol. The van der Waals surface area contributed by atoms with Gasteiger partial charge in [0.1, 0.15) is 23.0 Å². The normalized spacial score (nSPS) is 11.1. The maximum Gasteiger partial charge on any atom is 0.549 e. The number of phenols is 2. The predicted molar refractivity (Wildman–Crippen MR) is 565 cm³/mol. The van der Waals surface area contributed by atoms with Gasteiger partial charge in [0, 0.05) is 212 Å². The van der Waals surface area contributed by atoms with Crippen molar-refractivity contribution < 1.29 is 141 Å². The van der Waals surface area contributed by atoms with Crippen molar-refractivity contribution in [2.75, 3.05) is 174 Å². The summed E-state index contributed by atoms with van der Waals surface area (Å²) in [7, 11) is 12.8. The average molecular weight is 2190 g/mol. The maximum atomic E-state index is 12.5. The quantitative estimate of drug-likeness (QED) is 0.00759. The molecular formula is C95H156N12O31Si8. The number of nitrogens with one attached hydrogen (secondary N) is 1. The number of ether oxygens (including phenoxy) is 3. The number of carbonyl (C=O) groups excluding carboxylic acids is 4. The number of amides is 1. The van der Waals surface area contributed by atoms with Gasteiger partial charge in [0.25, 0.3) is 0 Å². The number of aryl methyl sites for hydroxylation is 8. The number of rotatable bonds is 51. The van der Waals surface area contributed by atoms with E-state index in [1.165, 1.54) is 40.6 Å². The molecular weight excluding hydrogens is 2030 g/mol. The average Bonchev–Trinajstić information content (AvgIpc) is 0.783. The first-order chi connectivity index (χ1) is 69.6. The third-order valence-electron chi connectivity index (χ3n) is 22.0. The van der Waals surface area contributed by atoms with Crippen molar-refractivity contribution in [2.24, 2.45) is 28.7 Å². The second kappa shape index (κ2) is 75.5. The van der Waals surface area contributed by atoms with Crippen LogP contribution in [0.3, 0.4) is 0 Å². The van der Waals surface area contributed by atoms with Crippen LogP contribution in [-0.2, 0) is 121 Å². The summed E-state index contributed by atoms with van der Waals surface area (Å²) in [5, 5.41) is 24.7. The third kappa shape index (κ3) is 48.2. The van der Waals surface area contributed by atoms with Crippen LogP contribution < -0.4 is 43.5 Å². The minimum atomic E-state index is -2.70. The molecule has 0 spiro atoms. The Hall–Kier alpha value is -9.16. The van der Waals surface area contributed by atoms with Gasteiger partial charge in [-0.1, -0.05) is 95.1 Å². The molecule has 0 aliphatic carbocycles. The molecule has 0 radical (unpaired) electrons. The van der Waals surface area contributed by atoms with E-state index in [0.717, 1.165) is 129 Å². The molecule has 0 unspecified atom stereocenters. The van der Waals surface area contributed by atoms with Gasteiger partial charge >= 0.3 is 89.3 Å². The van der Waals surface area contributed by atoms with Crippen LogP contribution >= 0.6 is 0 Å². The number of hydrogen-bond acceptors (Lipinski definition) is 42. The summed E-state index contributed by atoms with van der Waals surface area (Å²) in [5.41, 5.74) is 39.5. The van der Waals surface area contributed by atoms with Crippen LogP contribution in [0.25, 0.3) is 68.3 Å². The molecule has 0 atom stereocenters. The lowest BCUT2D eigenvalue weighted by Gasteiger charge is -2.24. The molecule has 0 aliphatic rings. The molecule has 6 aromatic carbocycles. The lowest BCUT2D eigenvalue weighted by molar-refractivity contribution is -0.144. The fourth-order valence-electron chi connectivity index (χ4n) is 13.7. The summed E-state index contributed by atoms with van der Waals surface area (Å²) < 4.78 is 143. The smallest absolute Gasteiger partial charge is 0.507 e. The molecule has 0 saturated carbocycles. The molecule has 8 aromatic rings. The fourth-order valence-corrected chi connectivity index (χ4v) is 24.2. The number of esters is 3. The molecule has 2 aromatic heterocycles. The zero-order chi connectivity index (χ0) is 111. The lowest BCUT2D eigenvalue weighted by atomic mass is 10.0. The standard InChI is InChI=1S/C35H42N4O7Si.C30H29N3O5.5C6H17NO3Si.2O2Si/c1-22-9-12-27(24(3)19-22)33-37-34(28-13-10-23(2)20-25(28)4)39-35(38-33)29-14-11-26(21-30(29)40)46-32(42)16-15-31(41)36-17-8-18-47(43-5,44-6)45-7;1-17-6-9-22(19(3)14-17)28-31-29(23-10-7-18(2)15-20(23)4)33-30(32-28)24-11-8-21(16-25(24)34)38-27(36)13-12-26(35)37-5;5*1-8-11(9-2,10-3)6-4-5-7;2*1-3-2/h9-14,19-21,40H,8,15-18H2,1-7H3,(H,36,41);6-11,14-16,34H,12-13H2,1-5H3;5*4-7H2,1-3H3;;. The summed E-state index contributed by atoms with van der Waals surface area (Å²) in [6.45, 7) is 19.7. The molecule has 146 heavy (non-hydrogen) atoms. The molecule has 13 N–H and O–H groups in total. The van der Waals surface area contributed by atoms with Crippen molar-refractivity contribution in [3.63, 3.8) is 0 Å². The Morgan fingerprint density at radius 1 is 0.281 bits per heavy atom. The van der Waals surface area contributed by atoms with Crippen LogP contribution in [0.15, 0.2) is 109 Å². The van der Waals surface area contributed by atoms with Crippen LogP contribution in [0.1, 0.15) is 109 Å². The summed E-state index contributed by atoms with van der Waals surface area (Å²) in [4.78, 5) is 76.6. The van der Waals surface area contributed by atoms with E-state index in [9.17, 15) is 29.4 Å². The highest BCUT2D eigenvalue weighted by Crippen LogP contribution is 2.38. The van der Waals surface area contributed by atoms with Crippen LogP contribution in [0.5, 0.6) is 23.0 Å². The van der Waals surface area contributed by atoms with Crippen LogP contribution in [0, 0.1) is 55.4 Å². The maximum absolute atomic E-state index is 12.5. The van der Waals surface area contributed by atoms with E-state index in [1.807, 2.05) is 104 Å². The van der Waals surface area contributed by atoms with Crippen LogP contribution in [-0.4, -0.2) is 310 Å². The molecule has 51 heteroatoms. The summed E-state index contributed by atoms with van der Waals surface area (Å²) >= 11 is 0. The number of carbonyl (C=O) groups is 4. The zero-order valence-electron chi connectivity index (χ0n) is 89.8. The van der Waals surface area contributed by atoms with E-state index in [2.05, 4.69) is 34.3 Å². The van der Waals surface area contributed by atoms with Crippen molar-refractivity contribution in [1.29, 1.82) is 0 Å². The van der Waals surface area contributed by atoms with E-state index in [1.54, 1.807) is 131 Å². The van der Waals surface area contributed by atoms with E-state index < -0.39 is 89.3 Å². The number of nitrogens with two attached hydrogens (primary N) is 5. The Kier molecular flexibility index (Phi) is 70.8. The Bertz CT molecular complexity index is 4860. The second-order valence-electron chi connectivity index (χ2n) is 31.6. The van der Waals surface area contributed by atoms with Gasteiger partial charge in [-0.25, -0.2) is 29.9 Å². The second-order valence-corrected chi connectivity index (χ2v) is 50.5. The molecule has 814 valence electrons. The van der Waals surface area contributed by atoms with Gasteiger partial charge in [-0.05, 0) is 173 Å². The van der Waals surface area contributed by atoms with Crippen molar-refractivity contribution in [2.45, 2.75) is 156 Å². The first-order valence-corrected chi connectivity index (χ1v) is 59.5. The van der Waals surface area contributed by atoms with Gasteiger partial charge in [-0.2, -0.15) is 0 Å². The fraction of sp³-hybridized carbons (Fsp3) is 0.516. The van der Waals surface area contributed by atoms with Gasteiger partial charge < -0.3 is 138 Å². The summed E-state index contributed by atoms with van der Waals surface area (Å²) in [6, 6.07) is 37.6. The predicted octanol–water partition coefficient (Wildman–Crippen LogP) is 11.4. The summed E-state index contributed by atoms with van der Waals surface area (Å²) in [5.74, 6) is 0.430. The molecule has 1 amide bonds. The van der Waals surface area contributed by atoms with Gasteiger partial charge in [0.2, 0.25) is 5.91 Å². The van der Waals surface area contributed by atoms with Gasteiger partial charge in [0.15, 0.2) is 34.9 Å². The van der Waals surface area contributed by atoms with Crippen molar-refractivity contribution in [3.05, 3.63) is 154 Å². The van der Waals surface area contributed by atoms with E-state index >= 15 is 0 Å². The van der Waals surface area contributed by atoms with Crippen molar-refractivity contribution in [1.82, 2.24) is 35.2 Å². The Balaban J connectivity index is 0.00000186. The highest BCUT2D eigenvalue weighted by molar-refractivity contribution is 6.62. The zero-order valence-corrected chi connectivity index (χ0v) is 97.8. The first kappa shape index (κ1) is 137. The SMILES string of the molecule is COC(=O)CCC(=O)Oc1ccc(-c2nc(-c3ccc(C)cc3C)nc(-c3ccc(C)cc3C)n2)c(O)c1.CO[Si](CCCN)(OC)OC.CO[Si](CCCN)(OC)OC.CO[Si](CCCN)(OC)OC.CO[Si](CCCN)(OC)OC.CO[Si](CCCN)(OC)OC.CO[Si](CCCNC(=O)CCC(=O)Oc1ccc(-c2nc(-c3ccc(C)cc3C)nc(-c3ccc(C)cc3C)n2)c(O)c1)(OC)OC.O=[Si]=O.O=[Si]=O. The minimum absolute atomic E-state index is 0.0441. The van der Waals surface area contributed by atoms with E-state index in [0.29, 0.717) is 86.2 Å². The number of nitrogens with zero attached hydrogens (tertiary/aromatic N) is 6. The number of phenolic OH excluding ortho intramolecular Hbond substituents is 2. The third-order valence-corrected chi connectivity index (χ3v) is 39.0. The molecule has 0 aliphatic heterocycles. The molecule has 43 nitrogen and oxygen atoms in total. The number of methoxy groups -OCH3 is 1. The van der Waals surface area contributed by atoms with Gasteiger partial charge in [0.05, 0.1) is 37.5 Å². The highest BCUT2D eigenvalue weighted by Gasteiger charge is 2.41. The first-order valence-electron chi connectivity index (χ1n) is 46.3. The van der Waals surface area contributed by atoms with Crippen LogP contribution in [0.2, 0.25) is 36.3 Å². The molecule has 2 heterocycles. The number of aromatic hydroxyl groups is 2. The summed E-state index contributed by atoms with van der Waals surface area (Å²) in [6.07, 6.45) is 4.58. The highest BCUT2D eigenvalue weighted by atomic mass is 28.4. The number of aromatic nitrogens is 6. The van der Waals surface area contributed by atoms with Gasteiger partial charge in [-0.3, -0.25) is 37.0 Å². The number of hydrogen-bond donors (Lipinski definition) is 8. The molecule has 0 bridgehead atoms. The lowest BCUT2D eigenvalue weighted by Crippen LogP contribution is -2.43. The Morgan fingerprint density at radius 2 is 0.473 bits per heavy atom. The number of benzene rings is 6. The minimum Gasteiger partial charge on any atom is -0.507 e. The van der Waals surface area contributed by atoms with Crippen molar-refractivity contribution >= 4 is 95.2 Å². The van der Waals surface area contributed by atoms with Crippen LogP contribution in [0.4, 0.5) is 0 Å². The van der Waals surface area contributed by atoms with E-state index in [4.69, 9.17) is 166 Å². The van der Waals surface area contributed by atoms with Gasteiger partial charge in [-0.15, -0.1) is 0 Å². The molecule has 0 fully saturated rings.